The van der Waals surface area contributed by atoms with Crippen LogP contribution < -0.4 is 0 Å². The van der Waals surface area contributed by atoms with Crippen molar-refractivity contribution in [2.24, 2.45) is 17.3 Å². The maximum atomic E-state index is 12.6. The molecule has 0 aromatic heterocycles. The van der Waals surface area contributed by atoms with E-state index in [9.17, 15) is 18.6 Å². The molecule has 5 atom stereocenters. The molecule has 3 aliphatic rings. The molecule has 2 N–H and O–H groups in total. The molecule has 0 unspecified atom stereocenters. The van der Waals surface area contributed by atoms with Crippen LogP contribution in [0.4, 0.5) is 0 Å². The van der Waals surface area contributed by atoms with Gasteiger partial charge in [0.25, 0.3) is 0 Å². The Hall–Kier alpha value is -1.17. The van der Waals surface area contributed by atoms with Crippen LogP contribution in [0.3, 0.4) is 0 Å². The van der Waals surface area contributed by atoms with E-state index in [1.165, 1.54) is 11.1 Å². The molecule has 0 aromatic rings. The molecule has 5 heteroatoms. The summed E-state index contributed by atoms with van der Waals surface area (Å²) in [6.07, 6.45) is 11.4. The predicted molar refractivity (Wildman–Crippen MR) is 132 cm³/mol. The Morgan fingerprint density at radius 1 is 1.28 bits per heavy atom. The summed E-state index contributed by atoms with van der Waals surface area (Å²) in [5.74, 6) is 0.928. The molecule has 0 aromatic carbocycles. The Bertz CT molecular complexity index is 931. The topological polar surface area (TPSA) is 74.6 Å². The third-order valence-electron chi connectivity index (χ3n) is 8.16. The highest BCUT2D eigenvalue weighted by Crippen LogP contribution is 2.57. The molecular formula is C27H42O4S. The van der Waals surface area contributed by atoms with Gasteiger partial charge in [0, 0.05) is 6.42 Å². The van der Waals surface area contributed by atoms with E-state index in [0.29, 0.717) is 25.2 Å². The summed E-state index contributed by atoms with van der Waals surface area (Å²) in [7, 11) is -3.11. The molecule has 32 heavy (non-hydrogen) atoms. The number of rotatable bonds is 5. The molecule has 4 nitrogen and oxygen atoms in total. The highest BCUT2D eigenvalue weighted by molar-refractivity contribution is 7.92. The molecule has 3 rings (SSSR count). The fraction of sp³-hybridized carbons (Fsp3) is 0.704. The summed E-state index contributed by atoms with van der Waals surface area (Å²) < 4.78 is 24.5. The summed E-state index contributed by atoms with van der Waals surface area (Å²) >= 11 is 0. The minimum Gasteiger partial charge on any atom is -0.393 e. The van der Waals surface area contributed by atoms with E-state index in [0.717, 1.165) is 36.8 Å². The number of fused-ring (bicyclic) bond motifs is 1. The van der Waals surface area contributed by atoms with Gasteiger partial charge in [0.2, 0.25) is 0 Å². The first-order valence-corrected chi connectivity index (χ1v) is 13.8. The molecule has 180 valence electrons. The summed E-state index contributed by atoms with van der Waals surface area (Å²) in [4.78, 5) is 0. The minimum absolute atomic E-state index is 0.0795. The van der Waals surface area contributed by atoms with Crippen LogP contribution in [0, 0.1) is 17.3 Å². The Morgan fingerprint density at radius 2 is 1.97 bits per heavy atom. The molecule has 0 saturated heterocycles. The summed E-state index contributed by atoms with van der Waals surface area (Å²) in [6.45, 7) is 13.9. The Kier molecular flexibility index (Phi) is 7.34. The van der Waals surface area contributed by atoms with Crippen LogP contribution in [-0.4, -0.2) is 41.3 Å². The summed E-state index contributed by atoms with van der Waals surface area (Å²) in [5, 5.41) is 20.2. The quantitative estimate of drug-likeness (QED) is 0.545. The van der Waals surface area contributed by atoms with Gasteiger partial charge in [-0.1, -0.05) is 49.8 Å². The number of aliphatic hydroxyl groups excluding tert-OH is 2. The average Bonchev–Trinajstić information content (AvgIpc) is 3.04. The van der Waals surface area contributed by atoms with Gasteiger partial charge in [-0.2, -0.15) is 0 Å². The van der Waals surface area contributed by atoms with Crippen LogP contribution in [-0.2, 0) is 9.84 Å². The lowest BCUT2D eigenvalue weighted by Crippen LogP contribution is -2.34. The molecule has 0 amide bonds. The van der Waals surface area contributed by atoms with Gasteiger partial charge in [-0.15, -0.1) is 0 Å². The zero-order valence-corrected chi connectivity index (χ0v) is 21.3. The first kappa shape index (κ1) is 25.5. The van der Waals surface area contributed by atoms with Crippen molar-refractivity contribution in [1.82, 2.24) is 0 Å². The number of allylic oxidation sites excluding steroid dienone is 5. The lowest BCUT2D eigenvalue weighted by atomic mass is 9.62. The molecular weight excluding hydrogens is 420 g/mol. The van der Waals surface area contributed by atoms with Gasteiger partial charge < -0.3 is 10.2 Å². The van der Waals surface area contributed by atoms with Crippen molar-refractivity contribution in [3.63, 3.8) is 0 Å². The molecule has 0 spiro atoms. The fourth-order valence-corrected chi connectivity index (χ4v) is 7.15. The molecule has 0 bridgehead atoms. The second-order valence-corrected chi connectivity index (χ2v) is 14.3. The Balaban J connectivity index is 1.75. The molecule has 3 aliphatic carbocycles. The van der Waals surface area contributed by atoms with Gasteiger partial charge in [0.1, 0.15) is 0 Å². The number of hydrogen-bond donors (Lipinski definition) is 2. The van der Waals surface area contributed by atoms with Crippen molar-refractivity contribution in [2.45, 2.75) is 96.5 Å². The highest BCUT2D eigenvalue weighted by atomic mass is 32.2. The fourth-order valence-electron chi connectivity index (χ4n) is 5.87. The van der Waals surface area contributed by atoms with Gasteiger partial charge >= 0.3 is 0 Å². The van der Waals surface area contributed by atoms with E-state index in [-0.39, 0.29) is 17.1 Å². The summed E-state index contributed by atoms with van der Waals surface area (Å²) in [6, 6.07) is 0. The second kappa shape index (κ2) is 9.23. The van der Waals surface area contributed by atoms with Crippen molar-refractivity contribution in [2.75, 3.05) is 5.75 Å². The summed E-state index contributed by atoms with van der Waals surface area (Å²) in [5.41, 5.74) is 4.61. The van der Waals surface area contributed by atoms with Crippen LogP contribution in [0.15, 0.2) is 47.1 Å². The van der Waals surface area contributed by atoms with E-state index in [4.69, 9.17) is 0 Å². The van der Waals surface area contributed by atoms with Gasteiger partial charge in [0.05, 0.1) is 22.7 Å². The normalized spacial score (nSPS) is 35.2. The van der Waals surface area contributed by atoms with Crippen LogP contribution in [0.25, 0.3) is 0 Å². The zero-order valence-electron chi connectivity index (χ0n) is 20.5. The smallest absolute Gasteiger partial charge is 0.155 e. The largest absolute Gasteiger partial charge is 0.393 e. The van der Waals surface area contributed by atoms with Gasteiger partial charge in [-0.3, -0.25) is 0 Å². The van der Waals surface area contributed by atoms with Crippen molar-refractivity contribution in [3.05, 3.63) is 47.1 Å². The molecule has 0 heterocycles. The van der Waals surface area contributed by atoms with Crippen LogP contribution in [0.5, 0.6) is 0 Å². The maximum Gasteiger partial charge on any atom is 0.155 e. The maximum absolute atomic E-state index is 12.6. The first-order chi connectivity index (χ1) is 14.8. The third-order valence-corrected chi connectivity index (χ3v) is 10.8. The van der Waals surface area contributed by atoms with E-state index in [1.807, 2.05) is 0 Å². The molecule has 2 saturated carbocycles. The van der Waals surface area contributed by atoms with E-state index in [2.05, 4.69) is 38.7 Å². The molecule has 0 aliphatic heterocycles. The van der Waals surface area contributed by atoms with E-state index >= 15 is 0 Å². The third kappa shape index (κ3) is 5.00. The van der Waals surface area contributed by atoms with E-state index in [1.54, 1.807) is 20.8 Å². The standard InChI is InChI=1S/C27H42O4S/c1-18(13-15-32(30,31)26(3,4)5)23-11-12-24-20(8-7-14-27(23,24)6)9-10-21-16-22(28)17-25(29)19(21)2/h9-11,18,22,24-25,28-29H,2,7-8,12-17H2,1,3-6H3/b20-9+,21-10-/t18-,22-,24+,25+,27-/m1/s1. The van der Waals surface area contributed by atoms with Gasteiger partial charge in [0.15, 0.2) is 9.84 Å². The van der Waals surface area contributed by atoms with Gasteiger partial charge in [-0.05, 0) is 87.7 Å². The van der Waals surface area contributed by atoms with Crippen LogP contribution in [0.1, 0.15) is 79.6 Å². The van der Waals surface area contributed by atoms with Crippen LogP contribution >= 0.6 is 0 Å². The average molecular weight is 463 g/mol. The second-order valence-electron chi connectivity index (χ2n) is 11.4. The Labute approximate surface area is 195 Å². The first-order valence-electron chi connectivity index (χ1n) is 12.1. The van der Waals surface area contributed by atoms with E-state index < -0.39 is 26.8 Å². The highest BCUT2D eigenvalue weighted by Gasteiger charge is 2.46. The lowest BCUT2D eigenvalue weighted by Gasteiger charge is -2.42. The van der Waals surface area contributed by atoms with Crippen molar-refractivity contribution < 1.29 is 18.6 Å². The SMILES string of the molecule is C=C1/C(=C\C=C2/CCC[C@]3(C)C([C@H](C)CCS(=O)(=O)C(C)(C)C)=CC[C@@H]23)C[C@@H](O)C[C@@H]1O. The Morgan fingerprint density at radius 3 is 2.62 bits per heavy atom. The van der Waals surface area contributed by atoms with Crippen LogP contribution in [0.2, 0.25) is 0 Å². The number of hydrogen-bond acceptors (Lipinski definition) is 4. The van der Waals surface area contributed by atoms with Crippen molar-refractivity contribution >= 4 is 9.84 Å². The monoisotopic (exact) mass is 462 g/mol. The predicted octanol–water partition coefficient (Wildman–Crippen LogP) is 5.29. The zero-order chi connectivity index (χ0) is 23.9. The van der Waals surface area contributed by atoms with Crippen molar-refractivity contribution in [1.29, 1.82) is 0 Å². The number of aliphatic hydroxyl groups is 2. The molecule has 2 fully saturated rings. The number of sulfone groups is 1. The molecule has 0 radical (unpaired) electrons. The lowest BCUT2D eigenvalue weighted by molar-refractivity contribution is 0.0862. The van der Waals surface area contributed by atoms with Crippen molar-refractivity contribution in [3.8, 4) is 0 Å². The minimum atomic E-state index is -3.11. The van der Waals surface area contributed by atoms with Gasteiger partial charge in [-0.25, -0.2) is 8.42 Å².